The maximum atomic E-state index is 13.2. The zero-order chi connectivity index (χ0) is 17.1. The van der Waals surface area contributed by atoms with Gasteiger partial charge in [0, 0.05) is 30.9 Å². The summed E-state index contributed by atoms with van der Waals surface area (Å²) in [4.78, 5) is 22.8. The molecule has 0 saturated carbocycles. The van der Waals surface area contributed by atoms with Gasteiger partial charge in [-0.15, -0.1) is 0 Å². The van der Waals surface area contributed by atoms with Gasteiger partial charge < -0.3 is 15.0 Å². The van der Waals surface area contributed by atoms with Gasteiger partial charge in [-0.25, -0.2) is 18.7 Å². The maximum Gasteiger partial charge on any atom is 0.274 e. The molecule has 6 nitrogen and oxygen atoms in total. The first kappa shape index (κ1) is 16.3. The SMILES string of the molecule is Cc1nc(C(=O)Nc2ccc(F)c(F)c2)cc(N2CCOCC2)n1. The first-order valence-electron chi connectivity index (χ1n) is 7.48. The van der Waals surface area contributed by atoms with Gasteiger partial charge in [-0.3, -0.25) is 4.79 Å². The molecule has 1 aromatic heterocycles. The molecule has 0 spiro atoms. The number of carbonyl (C=O) groups is 1. The van der Waals surface area contributed by atoms with Crippen LogP contribution in [-0.4, -0.2) is 42.2 Å². The summed E-state index contributed by atoms with van der Waals surface area (Å²) < 4.78 is 31.5. The number of benzene rings is 1. The number of halogens is 2. The molecule has 0 aliphatic carbocycles. The van der Waals surface area contributed by atoms with Gasteiger partial charge in [0.2, 0.25) is 0 Å². The van der Waals surface area contributed by atoms with Gasteiger partial charge in [-0.2, -0.15) is 0 Å². The second kappa shape index (κ2) is 6.88. The van der Waals surface area contributed by atoms with E-state index < -0.39 is 17.5 Å². The number of aromatic nitrogens is 2. The molecule has 1 saturated heterocycles. The molecular weight excluding hydrogens is 318 g/mol. The standard InChI is InChI=1S/C16H16F2N4O2/c1-10-19-14(9-15(20-10)22-4-6-24-7-5-22)16(23)21-11-2-3-12(17)13(18)8-11/h2-3,8-9H,4-7H2,1H3,(H,21,23). The van der Waals surface area contributed by atoms with Gasteiger partial charge in [0.1, 0.15) is 17.3 Å². The van der Waals surface area contributed by atoms with Crippen molar-refractivity contribution in [2.45, 2.75) is 6.92 Å². The van der Waals surface area contributed by atoms with E-state index in [4.69, 9.17) is 4.74 Å². The van der Waals surface area contributed by atoms with Crippen LogP contribution < -0.4 is 10.2 Å². The molecule has 0 unspecified atom stereocenters. The van der Waals surface area contributed by atoms with Crippen LogP contribution in [0.5, 0.6) is 0 Å². The normalized spacial score (nSPS) is 14.5. The van der Waals surface area contributed by atoms with Gasteiger partial charge in [-0.1, -0.05) is 0 Å². The second-order valence-electron chi connectivity index (χ2n) is 5.34. The molecule has 1 aromatic carbocycles. The van der Waals surface area contributed by atoms with E-state index in [1.165, 1.54) is 6.07 Å². The van der Waals surface area contributed by atoms with E-state index in [0.29, 0.717) is 37.9 Å². The van der Waals surface area contributed by atoms with Crippen molar-refractivity contribution in [3.05, 3.63) is 47.4 Å². The second-order valence-corrected chi connectivity index (χ2v) is 5.34. The summed E-state index contributed by atoms with van der Waals surface area (Å²) in [5, 5.41) is 2.50. The summed E-state index contributed by atoms with van der Waals surface area (Å²) in [6, 6.07) is 4.74. The molecule has 1 aliphatic heterocycles. The van der Waals surface area contributed by atoms with Crippen LogP contribution in [0, 0.1) is 18.6 Å². The molecule has 0 atom stereocenters. The van der Waals surface area contributed by atoms with E-state index in [1.807, 2.05) is 4.90 Å². The molecular formula is C16H16F2N4O2. The molecule has 2 heterocycles. The van der Waals surface area contributed by atoms with E-state index in [9.17, 15) is 13.6 Å². The molecule has 3 rings (SSSR count). The quantitative estimate of drug-likeness (QED) is 0.932. The minimum absolute atomic E-state index is 0.156. The van der Waals surface area contributed by atoms with Crippen LogP contribution in [-0.2, 0) is 4.74 Å². The Hall–Kier alpha value is -2.61. The van der Waals surface area contributed by atoms with Gasteiger partial charge in [-0.05, 0) is 19.1 Å². The summed E-state index contributed by atoms with van der Waals surface area (Å²) in [5.41, 5.74) is 0.316. The Bertz CT molecular complexity index is 764. The van der Waals surface area contributed by atoms with E-state index in [-0.39, 0.29) is 11.4 Å². The maximum absolute atomic E-state index is 13.2. The Morgan fingerprint density at radius 3 is 2.62 bits per heavy atom. The highest BCUT2D eigenvalue weighted by molar-refractivity contribution is 6.03. The highest BCUT2D eigenvalue weighted by Crippen LogP contribution is 2.17. The zero-order valence-electron chi connectivity index (χ0n) is 13.1. The number of carbonyl (C=O) groups excluding carboxylic acids is 1. The van der Waals surface area contributed by atoms with Crippen LogP contribution >= 0.6 is 0 Å². The van der Waals surface area contributed by atoms with Crippen molar-refractivity contribution in [2.24, 2.45) is 0 Å². The van der Waals surface area contributed by atoms with Crippen molar-refractivity contribution in [3.8, 4) is 0 Å². The lowest BCUT2D eigenvalue weighted by molar-refractivity contribution is 0.102. The van der Waals surface area contributed by atoms with Gasteiger partial charge in [0.05, 0.1) is 13.2 Å². The molecule has 8 heteroatoms. The van der Waals surface area contributed by atoms with E-state index in [0.717, 1.165) is 12.1 Å². The molecule has 24 heavy (non-hydrogen) atoms. The Kier molecular flexibility index (Phi) is 4.66. The molecule has 0 bridgehead atoms. The summed E-state index contributed by atoms with van der Waals surface area (Å²) in [6.45, 7) is 4.25. The number of ether oxygens (including phenoxy) is 1. The Morgan fingerprint density at radius 1 is 1.17 bits per heavy atom. The van der Waals surface area contributed by atoms with Crippen LogP contribution in [0.4, 0.5) is 20.3 Å². The monoisotopic (exact) mass is 334 g/mol. The van der Waals surface area contributed by atoms with E-state index in [1.54, 1.807) is 13.0 Å². The molecule has 1 aliphatic rings. The van der Waals surface area contributed by atoms with E-state index in [2.05, 4.69) is 15.3 Å². The lowest BCUT2D eigenvalue weighted by Gasteiger charge is -2.28. The number of nitrogens with one attached hydrogen (secondary N) is 1. The van der Waals surface area contributed by atoms with E-state index >= 15 is 0 Å². The van der Waals surface area contributed by atoms with Crippen molar-refractivity contribution in [1.82, 2.24) is 9.97 Å². The fourth-order valence-electron chi connectivity index (χ4n) is 2.39. The topological polar surface area (TPSA) is 67.4 Å². The Morgan fingerprint density at radius 2 is 1.92 bits per heavy atom. The fourth-order valence-corrected chi connectivity index (χ4v) is 2.39. The third kappa shape index (κ3) is 3.65. The van der Waals surface area contributed by atoms with Crippen molar-refractivity contribution in [3.63, 3.8) is 0 Å². The van der Waals surface area contributed by atoms with Crippen LogP contribution in [0.2, 0.25) is 0 Å². The fraction of sp³-hybridized carbons (Fsp3) is 0.312. The van der Waals surface area contributed by atoms with Gasteiger partial charge >= 0.3 is 0 Å². The lowest BCUT2D eigenvalue weighted by atomic mass is 10.2. The molecule has 126 valence electrons. The first-order valence-corrected chi connectivity index (χ1v) is 7.48. The van der Waals surface area contributed by atoms with Crippen molar-refractivity contribution in [1.29, 1.82) is 0 Å². The van der Waals surface area contributed by atoms with Crippen molar-refractivity contribution >= 4 is 17.4 Å². The largest absolute Gasteiger partial charge is 0.378 e. The number of aryl methyl sites for hydroxylation is 1. The Balaban J connectivity index is 1.81. The average molecular weight is 334 g/mol. The third-order valence-corrected chi connectivity index (χ3v) is 3.57. The predicted octanol–water partition coefficient (Wildman–Crippen LogP) is 2.15. The highest BCUT2D eigenvalue weighted by atomic mass is 19.2. The number of nitrogens with zero attached hydrogens (tertiary/aromatic N) is 3. The molecule has 1 N–H and O–H groups in total. The minimum Gasteiger partial charge on any atom is -0.378 e. The number of rotatable bonds is 3. The summed E-state index contributed by atoms with van der Waals surface area (Å²) in [7, 11) is 0. The lowest BCUT2D eigenvalue weighted by Crippen LogP contribution is -2.37. The Labute approximate surface area is 137 Å². The van der Waals surface area contributed by atoms with Gasteiger partial charge in [0.25, 0.3) is 5.91 Å². The summed E-state index contributed by atoms with van der Waals surface area (Å²) in [6.07, 6.45) is 0. The van der Waals surface area contributed by atoms with Crippen LogP contribution in [0.25, 0.3) is 0 Å². The van der Waals surface area contributed by atoms with Crippen molar-refractivity contribution in [2.75, 3.05) is 36.5 Å². The molecule has 2 aromatic rings. The molecule has 1 amide bonds. The van der Waals surface area contributed by atoms with Crippen molar-refractivity contribution < 1.29 is 18.3 Å². The van der Waals surface area contributed by atoms with Crippen LogP contribution in [0.15, 0.2) is 24.3 Å². The number of amides is 1. The minimum atomic E-state index is -1.03. The third-order valence-electron chi connectivity index (χ3n) is 3.57. The van der Waals surface area contributed by atoms with Crippen LogP contribution in [0.1, 0.15) is 16.3 Å². The average Bonchev–Trinajstić information content (AvgIpc) is 2.58. The van der Waals surface area contributed by atoms with Crippen LogP contribution in [0.3, 0.4) is 0 Å². The molecule has 0 radical (unpaired) electrons. The predicted molar refractivity (Wildman–Crippen MR) is 84.1 cm³/mol. The van der Waals surface area contributed by atoms with Gasteiger partial charge in [0.15, 0.2) is 11.6 Å². The number of hydrogen-bond donors (Lipinski definition) is 1. The smallest absolute Gasteiger partial charge is 0.274 e. The first-order chi connectivity index (χ1) is 11.5. The number of hydrogen-bond acceptors (Lipinski definition) is 5. The zero-order valence-corrected chi connectivity index (χ0v) is 13.1. The molecule has 1 fully saturated rings. The number of anilines is 2. The summed E-state index contributed by atoms with van der Waals surface area (Å²) in [5.74, 6) is -1.42. The number of morpholine rings is 1. The highest BCUT2D eigenvalue weighted by Gasteiger charge is 2.17. The summed E-state index contributed by atoms with van der Waals surface area (Å²) >= 11 is 0.